The Hall–Kier alpha value is -1.27. The van der Waals surface area contributed by atoms with Crippen molar-refractivity contribution in [3.05, 3.63) is 28.8 Å². The monoisotopic (exact) mass is 330 g/mol. The van der Waals surface area contributed by atoms with Gasteiger partial charge in [0.15, 0.2) is 0 Å². The normalized spacial score (nSPS) is 18.0. The van der Waals surface area contributed by atoms with E-state index in [2.05, 4.69) is 10.2 Å². The summed E-state index contributed by atoms with van der Waals surface area (Å²) in [5.41, 5.74) is 2.89. The quantitative estimate of drug-likeness (QED) is 0.893. The predicted octanol–water partition coefficient (Wildman–Crippen LogP) is 3.60. The Balaban J connectivity index is 2.28. The number of methoxy groups -OCH3 is 1. The highest BCUT2D eigenvalue weighted by atomic mass is 19.4. The molecule has 23 heavy (non-hydrogen) atoms. The van der Waals surface area contributed by atoms with Gasteiger partial charge < -0.3 is 10.1 Å². The van der Waals surface area contributed by atoms with E-state index in [0.29, 0.717) is 0 Å². The first-order valence-corrected chi connectivity index (χ1v) is 7.98. The van der Waals surface area contributed by atoms with Crippen molar-refractivity contribution in [1.82, 2.24) is 10.2 Å². The lowest BCUT2D eigenvalue weighted by molar-refractivity contribution is -0.138. The van der Waals surface area contributed by atoms with E-state index in [0.717, 1.165) is 48.6 Å². The van der Waals surface area contributed by atoms with Crippen LogP contribution in [0.5, 0.6) is 5.75 Å². The second-order valence-electron chi connectivity index (χ2n) is 6.14. The summed E-state index contributed by atoms with van der Waals surface area (Å²) < 4.78 is 43.5. The second kappa shape index (κ2) is 7.53. The first-order chi connectivity index (χ1) is 10.8. The van der Waals surface area contributed by atoms with E-state index in [4.69, 9.17) is 4.74 Å². The zero-order valence-electron chi connectivity index (χ0n) is 14.0. The fraction of sp³-hybridized carbons (Fsp3) is 0.647. The maximum Gasteiger partial charge on any atom is 0.389 e. The van der Waals surface area contributed by atoms with Gasteiger partial charge in [-0.15, -0.1) is 0 Å². The fourth-order valence-corrected chi connectivity index (χ4v) is 3.35. The number of rotatable bonds is 5. The van der Waals surface area contributed by atoms with Crippen molar-refractivity contribution in [2.45, 2.75) is 38.9 Å². The Bertz CT molecular complexity index is 502. The van der Waals surface area contributed by atoms with Crippen molar-refractivity contribution in [2.75, 3.05) is 33.3 Å². The van der Waals surface area contributed by atoms with E-state index in [1.165, 1.54) is 0 Å². The molecule has 1 N–H and O–H groups in total. The molecule has 0 unspecified atom stereocenters. The average Bonchev–Trinajstić information content (AvgIpc) is 2.47. The summed E-state index contributed by atoms with van der Waals surface area (Å²) in [6, 6.07) is 3.73. The van der Waals surface area contributed by atoms with Gasteiger partial charge >= 0.3 is 6.18 Å². The van der Waals surface area contributed by atoms with Gasteiger partial charge in [-0.1, -0.05) is 12.1 Å². The van der Waals surface area contributed by atoms with Gasteiger partial charge in [0.05, 0.1) is 7.11 Å². The van der Waals surface area contributed by atoms with Crippen LogP contribution in [-0.2, 0) is 0 Å². The minimum Gasteiger partial charge on any atom is -0.496 e. The van der Waals surface area contributed by atoms with Gasteiger partial charge in [-0.3, -0.25) is 4.90 Å². The van der Waals surface area contributed by atoms with E-state index in [1.807, 2.05) is 26.0 Å². The van der Waals surface area contributed by atoms with E-state index >= 15 is 0 Å². The molecule has 0 spiro atoms. The van der Waals surface area contributed by atoms with E-state index in [9.17, 15) is 13.2 Å². The number of nitrogens with one attached hydrogen (secondary N) is 1. The summed E-state index contributed by atoms with van der Waals surface area (Å²) in [6.07, 6.45) is -4.79. The standard InChI is InChI=1S/C17H25F3N2O/c1-12-10-14(11-13(2)16(12)23-3)15(4-5-17(18,19)20)22-8-6-21-7-9-22/h10-11,15,21H,4-9H2,1-3H3/t15-/m1/s1. The summed E-state index contributed by atoms with van der Waals surface area (Å²) in [5, 5.41) is 3.25. The Morgan fingerprint density at radius 1 is 1.17 bits per heavy atom. The number of hydrogen-bond donors (Lipinski definition) is 1. The van der Waals surface area contributed by atoms with Crippen LogP contribution in [0, 0.1) is 13.8 Å². The van der Waals surface area contributed by atoms with Crippen LogP contribution in [0.3, 0.4) is 0 Å². The molecule has 1 aromatic rings. The highest BCUT2D eigenvalue weighted by Crippen LogP contribution is 2.35. The molecular formula is C17H25F3N2O. The molecule has 2 rings (SSSR count). The lowest BCUT2D eigenvalue weighted by atomic mass is 9.95. The molecule has 0 bridgehead atoms. The lowest BCUT2D eigenvalue weighted by Crippen LogP contribution is -2.45. The molecule has 0 saturated carbocycles. The number of alkyl halides is 3. The Labute approximate surface area is 135 Å². The molecule has 3 nitrogen and oxygen atoms in total. The zero-order chi connectivity index (χ0) is 17.0. The number of aryl methyl sites for hydroxylation is 2. The van der Waals surface area contributed by atoms with E-state index in [1.54, 1.807) is 7.11 Å². The van der Waals surface area contributed by atoms with Crippen LogP contribution in [0.1, 0.15) is 35.6 Å². The number of halogens is 3. The number of nitrogens with zero attached hydrogens (tertiary/aromatic N) is 1. The Morgan fingerprint density at radius 3 is 2.22 bits per heavy atom. The predicted molar refractivity (Wildman–Crippen MR) is 84.9 cm³/mol. The van der Waals surface area contributed by atoms with Gasteiger partial charge in [0, 0.05) is 38.6 Å². The molecular weight excluding hydrogens is 305 g/mol. The van der Waals surface area contributed by atoms with Crippen molar-refractivity contribution in [3.8, 4) is 5.75 Å². The summed E-state index contributed by atoms with van der Waals surface area (Å²) >= 11 is 0. The largest absolute Gasteiger partial charge is 0.496 e. The molecule has 6 heteroatoms. The van der Waals surface area contributed by atoms with Crippen LogP contribution in [0.15, 0.2) is 12.1 Å². The molecule has 0 aromatic heterocycles. The molecule has 1 aromatic carbocycles. The average molecular weight is 330 g/mol. The zero-order valence-corrected chi connectivity index (χ0v) is 14.0. The van der Waals surface area contributed by atoms with Gasteiger partial charge in [-0.05, 0) is 37.0 Å². The lowest BCUT2D eigenvalue weighted by Gasteiger charge is -2.36. The topological polar surface area (TPSA) is 24.5 Å². The Morgan fingerprint density at radius 2 is 1.74 bits per heavy atom. The van der Waals surface area contributed by atoms with Gasteiger partial charge in [-0.2, -0.15) is 13.2 Å². The van der Waals surface area contributed by atoms with E-state index in [-0.39, 0.29) is 12.5 Å². The third-order valence-electron chi connectivity index (χ3n) is 4.37. The summed E-state index contributed by atoms with van der Waals surface area (Å²) in [4.78, 5) is 2.16. The van der Waals surface area contributed by atoms with Gasteiger partial charge in [0.25, 0.3) is 0 Å². The molecule has 0 aliphatic carbocycles. The maximum atomic E-state index is 12.7. The van der Waals surface area contributed by atoms with Crippen molar-refractivity contribution in [3.63, 3.8) is 0 Å². The van der Waals surface area contributed by atoms with Gasteiger partial charge in [0.1, 0.15) is 5.75 Å². The maximum absolute atomic E-state index is 12.7. The molecule has 0 radical (unpaired) electrons. The van der Waals surface area contributed by atoms with Gasteiger partial charge in [-0.25, -0.2) is 0 Å². The van der Waals surface area contributed by atoms with Crippen LogP contribution in [-0.4, -0.2) is 44.4 Å². The van der Waals surface area contributed by atoms with Crippen LogP contribution in [0.25, 0.3) is 0 Å². The van der Waals surface area contributed by atoms with Crippen LogP contribution in [0.4, 0.5) is 13.2 Å². The minimum absolute atomic E-state index is 0.0920. The molecule has 1 heterocycles. The summed E-state index contributed by atoms with van der Waals surface area (Å²) in [7, 11) is 1.62. The van der Waals surface area contributed by atoms with E-state index < -0.39 is 12.6 Å². The van der Waals surface area contributed by atoms with Crippen molar-refractivity contribution >= 4 is 0 Å². The van der Waals surface area contributed by atoms with Crippen LogP contribution >= 0.6 is 0 Å². The molecule has 1 saturated heterocycles. The molecule has 130 valence electrons. The molecule has 1 aliphatic heterocycles. The number of piperazine rings is 1. The smallest absolute Gasteiger partial charge is 0.389 e. The molecule has 1 atom stereocenters. The summed E-state index contributed by atoms with van der Waals surface area (Å²) in [5.74, 6) is 0.809. The number of hydrogen-bond acceptors (Lipinski definition) is 3. The first kappa shape index (κ1) is 18.1. The first-order valence-electron chi connectivity index (χ1n) is 7.98. The third kappa shape index (κ3) is 4.85. The number of benzene rings is 1. The highest BCUT2D eigenvalue weighted by molar-refractivity contribution is 5.44. The third-order valence-corrected chi connectivity index (χ3v) is 4.37. The molecule has 0 amide bonds. The number of ether oxygens (including phenoxy) is 1. The van der Waals surface area contributed by atoms with Crippen LogP contribution < -0.4 is 10.1 Å². The van der Waals surface area contributed by atoms with Crippen LogP contribution in [0.2, 0.25) is 0 Å². The molecule has 1 fully saturated rings. The molecule has 1 aliphatic rings. The van der Waals surface area contributed by atoms with Gasteiger partial charge in [0.2, 0.25) is 0 Å². The SMILES string of the molecule is COc1c(C)cc([C@@H](CCC(F)(F)F)N2CCNCC2)cc1C. The minimum atomic E-state index is -4.12. The second-order valence-corrected chi connectivity index (χ2v) is 6.14. The van der Waals surface area contributed by atoms with Crippen molar-refractivity contribution < 1.29 is 17.9 Å². The summed E-state index contributed by atoms with van der Waals surface area (Å²) in [6.45, 7) is 7.05. The van der Waals surface area contributed by atoms with Crippen molar-refractivity contribution in [1.29, 1.82) is 0 Å². The fourth-order valence-electron chi connectivity index (χ4n) is 3.35. The Kier molecular flexibility index (Phi) is 5.92. The highest BCUT2D eigenvalue weighted by Gasteiger charge is 2.31. The van der Waals surface area contributed by atoms with Crippen molar-refractivity contribution in [2.24, 2.45) is 0 Å².